The highest BCUT2D eigenvalue weighted by atomic mass is 16.5. The summed E-state index contributed by atoms with van der Waals surface area (Å²) in [6.07, 6.45) is 1.70. The molecule has 24 heavy (non-hydrogen) atoms. The maximum atomic E-state index is 11.4. The topological polar surface area (TPSA) is 86.1 Å². The third-order valence-electron chi connectivity index (χ3n) is 4.83. The van der Waals surface area contributed by atoms with Gasteiger partial charge in [-0.15, -0.1) is 0 Å². The van der Waals surface area contributed by atoms with E-state index in [1.807, 2.05) is 0 Å². The second-order valence-corrected chi connectivity index (χ2v) is 6.23. The van der Waals surface area contributed by atoms with Crippen molar-refractivity contribution in [3.8, 4) is 5.75 Å². The predicted molar refractivity (Wildman–Crippen MR) is 88.8 cm³/mol. The standard InChI is InChI=1S/C17H19N3O4/c21-15-2-1-13(17(22)23)14-7-11(8-18-16(14)15)20-9-12(10-20)19-3-5-24-6-4-19/h1-2,7-8,12,21H,3-6,9-10H2,(H,22,23). The number of fused-ring (bicyclic) bond motifs is 1. The molecule has 2 aliphatic rings. The fraction of sp³-hybridized carbons (Fsp3) is 0.412. The lowest BCUT2D eigenvalue weighted by molar-refractivity contribution is 0.0105. The maximum Gasteiger partial charge on any atom is 0.336 e. The summed E-state index contributed by atoms with van der Waals surface area (Å²) in [6.45, 7) is 5.30. The Hall–Kier alpha value is -2.38. The second-order valence-electron chi connectivity index (χ2n) is 6.23. The number of pyridine rings is 1. The fourth-order valence-corrected chi connectivity index (χ4v) is 3.39. The number of phenols is 1. The summed E-state index contributed by atoms with van der Waals surface area (Å²) in [5.74, 6) is -1.02. The normalized spacial score (nSPS) is 19.4. The van der Waals surface area contributed by atoms with Crippen LogP contribution in [0.15, 0.2) is 24.4 Å². The van der Waals surface area contributed by atoms with Gasteiger partial charge in [-0.1, -0.05) is 0 Å². The number of morpholine rings is 1. The average molecular weight is 329 g/mol. The zero-order chi connectivity index (χ0) is 16.7. The molecule has 2 saturated heterocycles. The van der Waals surface area contributed by atoms with E-state index in [9.17, 15) is 15.0 Å². The van der Waals surface area contributed by atoms with E-state index in [1.54, 1.807) is 12.3 Å². The van der Waals surface area contributed by atoms with Crippen LogP contribution in [0, 0.1) is 0 Å². The van der Waals surface area contributed by atoms with E-state index in [0.717, 1.165) is 45.1 Å². The highest BCUT2D eigenvalue weighted by molar-refractivity contribution is 6.05. The van der Waals surface area contributed by atoms with E-state index < -0.39 is 5.97 Å². The van der Waals surface area contributed by atoms with Crippen molar-refractivity contribution in [3.05, 3.63) is 30.0 Å². The molecule has 0 amide bonds. The number of aromatic nitrogens is 1. The van der Waals surface area contributed by atoms with E-state index in [4.69, 9.17) is 4.74 Å². The first-order valence-corrected chi connectivity index (χ1v) is 8.05. The van der Waals surface area contributed by atoms with Gasteiger partial charge >= 0.3 is 5.97 Å². The van der Waals surface area contributed by atoms with Crippen LogP contribution >= 0.6 is 0 Å². The van der Waals surface area contributed by atoms with E-state index in [-0.39, 0.29) is 11.3 Å². The zero-order valence-electron chi connectivity index (χ0n) is 13.2. The minimum Gasteiger partial charge on any atom is -0.506 e. The molecule has 2 N–H and O–H groups in total. The zero-order valence-corrected chi connectivity index (χ0v) is 13.2. The van der Waals surface area contributed by atoms with Crippen LogP contribution in [-0.2, 0) is 4.74 Å². The molecule has 2 fully saturated rings. The minimum atomic E-state index is -1.02. The number of carboxylic acids is 1. The van der Waals surface area contributed by atoms with Gasteiger partial charge in [0, 0.05) is 37.6 Å². The highest BCUT2D eigenvalue weighted by Crippen LogP contribution is 2.31. The average Bonchev–Trinajstić information content (AvgIpc) is 2.54. The molecule has 0 spiro atoms. The van der Waals surface area contributed by atoms with Crippen LogP contribution in [0.5, 0.6) is 5.75 Å². The molecule has 7 heteroatoms. The van der Waals surface area contributed by atoms with Crippen molar-refractivity contribution >= 4 is 22.6 Å². The Kier molecular flexibility index (Phi) is 3.74. The summed E-state index contributed by atoms with van der Waals surface area (Å²) in [7, 11) is 0. The summed E-state index contributed by atoms with van der Waals surface area (Å²) in [6, 6.07) is 5.10. The number of carbonyl (C=O) groups is 1. The number of ether oxygens (including phenoxy) is 1. The van der Waals surface area contributed by atoms with Crippen molar-refractivity contribution in [1.82, 2.24) is 9.88 Å². The number of phenolic OH excluding ortho intramolecular Hbond substituents is 1. The number of rotatable bonds is 3. The molecule has 0 saturated carbocycles. The lowest BCUT2D eigenvalue weighted by Crippen LogP contribution is -2.61. The summed E-state index contributed by atoms with van der Waals surface area (Å²) in [5, 5.41) is 19.7. The smallest absolute Gasteiger partial charge is 0.336 e. The van der Waals surface area contributed by atoms with Crippen molar-refractivity contribution < 1.29 is 19.7 Å². The van der Waals surface area contributed by atoms with Crippen LogP contribution in [0.3, 0.4) is 0 Å². The molecule has 1 aromatic carbocycles. The third-order valence-corrected chi connectivity index (χ3v) is 4.83. The molecule has 0 atom stereocenters. The molecule has 7 nitrogen and oxygen atoms in total. The van der Waals surface area contributed by atoms with Crippen molar-refractivity contribution in [2.45, 2.75) is 6.04 Å². The Balaban J connectivity index is 1.57. The van der Waals surface area contributed by atoms with Crippen LogP contribution in [0.4, 0.5) is 5.69 Å². The largest absolute Gasteiger partial charge is 0.506 e. The third kappa shape index (κ3) is 2.55. The molecule has 3 heterocycles. The first kappa shape index (κ1) is 15.2. The highest BCUT2D eigenvalue weighted by Gasteiger charge is 2.33. The molecule has 126 valence electrons. The Morgan fingerprint density at radius 1 is 1.25 bits per heavy atom. The Morgan fingerprint density at radius 2 is 2.00 bits per heavy atom. The predicted octanol–water partition coefficient (Wildman–Crippen LogP) is 1.16. The van der Waals surface area contributed by atoms with Crippen LogP contribution in [0.2, 0.25) is 0 Å². The Labute approximate surface area is 139 Å². The Morgan fingerprint density at radius 3 is 2.71 bits per heavy atom. The number of anilines is 1. The maximum absolute atomic E-state index is 11.4. The number of hydrogen-bond donors (Lipinski definition) is 2. The van der Waals surface area contributed by atoms with E-state index in [1.165, 1.54) is 12.1 Å². The lowest BCUT2D eigenvalue weighted by Gasteiger charge is -2.47. The molecule has 2 aliphatic heterocycles. The van der Waals surface area contributed by atoms with Gasteiger partial charge in [-0.05, 0) is 18.2 Å². The van der Waals surface area contributed by atoms with Crippen LogP contribution in [0.1, 0.15) is 10.4 Å². The molecular weight excluding hydrogens is 310 g/mol. The number of carboxylic acid groups (broad SMARTS) is 1. The van der Waals surface area contributed by atoms with Crippen molar-refractivity contribution in [1.29, 1.82) is 0 Å². The summed E-state index contributed by atoms with van der Waals surface area (Å²) in [5.41, 5.74) is 1.37. The lowest BCUT2D eigenvalue weighted by atomic mass is 10.0. The van der Waals surface area contributed by atoms with Gasteiger partial charge in [0.2, 0.25) is 0 Å². The first-order chi connectivity index (χ1) is 11.6. The van der Waals surface area contributed by atoms with Gasteiger partial charge in [-0.25, -0.2) is 4.79 Å². The first-order valence-electron chi connectivity index (χ1n) is 8.05. The summed E-state index contributed by atoms with van der Waals surface area (Å²) in [4.78, 5) is 20.3. The van der Waals surface area contributed by atoms with E-state index in [0.29, 0.717) is 16.9 Å². The van der Waals surface area contributed by atoms with Gasteiger partial charge in [-0.3, -0.25) is 9.88 Å². The molecule has 0 radical (unpaired) electrons. The monoisotopic (exact) mass is 329 g/mol. The van der Waals surface area contributed by atoms with Gasteiger partial charge < -0.3 is 19.8 Å². The minimum absolute atomic E-state index is 0.00338. The van der Waals surface area contributed by atoms with Crippen molar-refractivity contribution in [2.24, 2.45) is 0 Å². The van der Waals surface area contributed by atoms with Crippen molar-refractivity contribution in [2.75, 3.05) is 44.3 Å². The summed E-state index contributed by atoms with van der Waals surface area (Å²) >= 11 is 0. The number of benzene rings is 1. The van der Waals surface area contributed by atoms with Crippen LogP contribution < -0.4 is 4.90 Å². The number of hydrogen-bond acceptors (Lipinski definition) is 6. The van der Waals surface area contributed by atoms with Gasteiger partial charge in [0.1, 0.15) is 11.3 Å². The van der Waals surface area contributed by atoms with E-state index in [2.05, 4.69) is 14.8 Å². The molecular formula is C17H19N3O4. The molecule has 1 aromatic heterocycles. The van der Waals surface area contributed by atoms with Gasteiger partial charge in [-0.2, -0.15) is 0 Å². The van der Waals surface area contributed by atoms with Gasteiger partial charge in [0.05, 0.1) is 30.7 Å². The molecule has 0 aliphatic carbocycles. The Bertz CT molecular complexity index is 783. The summed E-state index contributed by atoms with van der Waals surface area (Å²) < 4.78 is 5.38. The number of aromatic hydroxyl groups is 1. The van der Waals surface area contributed by atoms with Gasteiger partial charge in [0.15, 0.2) is 0 Å². The molecule has 0 bridgehead atoms. The molecule has 0 unspecified atom stereocenters. The van der Waals surface area contributed by atoms with E-state index >= 15 is 0 Å². The van der Waals surface area contributed by atoms with Crippen molar-refractivity contribution in [3.63, 3.8) is 0 Å². The molecule has 2 aromatic rings. The SMILES string of the molecule is O=C(O)c1ccc(O)c2ncc(N3CC(N4CCOCC4)C3)cc12. The fourth-order valence-electron chi connectivity index (χ4n) is 3.39. The van der Waals surface area contributed by atoms with Crippen LogP contribution in [0.25, 0.3) is 10.9 Å². The molecule has 4 rings (SSSR count). The number of nitrogens with zero attached hydrogens (tertiary/aromatic N) is 3. The number of aromatic carboxylic acids is 1. The second kappa shape index (κ2) is 5.92. The quantitative estimate of drug-likeness (QED) is 0.874. The van der Waals surface area contributed by atoms with Crippen LogP contribution in [-0.4, -0.2) is 71.5 Å². The van der Waals surface area contributed by atoms with Gasteiger partial charge in [0.25, 0.3) is 0 Å².